The Morgan fingerprint density at radius 2 is 1.66 bits per heavy atom. The Bertz CT molecular complexity index is 1560. The van der Waals surface area contributed by atoms with Crippen LogP contribution in [-0.2, 0) is 16.0 Å². The van der Waals surface area contributed by atoms with Gasteiger partial charge in [0.2, 0.25) is 23.0 Å². The van der Waals surface area contributed by atoms with Crippen LogP contribution in [0.25, 0.3) is 11.1 Å². The average Bonchev–Trinajstić information content (AvgIpc) is 3.26. The van der Waals surface area contributed by atoms with E-state index in [1.807, 2.05) is 63.2 Å². The molecule has 9 heteroatoms. The summed E-state index contributed by atoms with van der Waals surface area (Å²) in [7, 11) is 4.68. The highest BCUT2D eigenvalue weighted by Crippen LogP contribution is 2.50. The van der Waals surface area contributed by atoms with Crippen LogP contribution >= 0.6 is 0 Å². The number of carbonyl (C=O) groups excluding carboxylic acids is 2. The minimum Gasteiger partial charge on any atom is -0.493 e. The van der Waals surface area contributed by atoms with Crippen molar-refractivity contribution in [1.29, 1.82) is 0 Å². The van der Waals surface area contributed by atoms with Gasteiger partial charge in [-0.1, -0.05) is 56.7 Å². The molecular weight excluding hydrogens is 558 g/mol. The van der Waals surface area contributed by atoms with Gasteiger partial charge in [-0.25, -0.2) is 0 Å². The van der Waals surface area contributed by atoms with Crippen LogP contribution in [0.2, 0.25) is 0 Å². The molecule has 4 rings (SSSR count). The van der Waals surface area contributed by atoms with Crippen LogP contribution in [0.3, 0.4) is 0 Å². The van der Waals surface area contributed by atoms with Crippen molar-refractivity contribution in [2.45, 2.75) is 65.1 Å². The fourth-order valence-corrected chi connectivity index (χ4v) is 5.82. The monoisotopic (exact) mass is 601 g/mol. The van der Waals surface area contributed by atoms with Crippen molar-refractivity contribution in [1.82, 2.24) is 10.6 Å². The van der Waals surface area contributed by atoms with Crippen LogP contribution in [0, 0.1) is 5.92 Å². The van der Waals surface area contributed by atoms with Crippen molar-refractivity contribution >= 4 is 17.5 Å². The Morgan fingerprint density at radius 1 is 0.955 bits per heavy atom. The second-order valence-electron chi connectivity index (χ2n) is 11.2. The van der Waals surface area contributed by atoms with Gasteiger partial charge in [-0.05, 0) is 66.1 Å². The Morgan fingerprint density at radius 3 is 2.27 bits per heavy atom. The standard InChI is InChI=1S/C35H43N3O6/c1-8-20(2)32(35(41)36-21(3)23-12-10-9-11-13-23)38-28-17-15-25-26(19-29(28)40)27(37-22(4)39)16-14-24-18-30(42-5)33(43-6)34(44-7)31(24)25/h9-13,15,17-21,27,32H,8,14,16H2,1-7H3,(H,36,41)(H,37,39)(H,38,40)/t20-,21-,27+,32+/m1/s1. The molecule has 0 fully saturated rings. The number of hydrogen-bond acceptors (Lipinski definition) is 7. The SMILES string of the molecule is CC[C@@H](C)[C@H](Nc1ccc2c(cc1=O)[C@@H](NC(C)=O)CCc1cc(OC)c(OC)c(OC)c1-2)C(=O)N[C@H](C)c1ccccc1. The van der Waals surface area contributed by atoms with Crippen LogP contribution in [0.5, 0.6) is 17.2 Å². The molecule has 0 bridgehead atoms. The van der Waals surface area contributed by atoms with E-state index in [2.05, 4.69) is 16.0 Å². The van der Waals surface area contributed by atoms with Gasteiger partial charge in [0, 0.05) is 12.5 Å². The number of methoxy groups -OCH3 is 3. The zero-order valence-electron chi connectivity index (χ0n) is 26.6. The van der Waals surface area contributed by atoms with E-state index in [4.69, 9.17) is 14.2 Å². The highest BCUT2D eigenvalue weighted by molar-refractivity contribution is 5.86. The lowest BCUT2D eigenvalue weighted by atomic mass is 9.95. The van der Waals surface area contributed by atoms with Gasteiger partial charge in [0.25, 0.3) is 0 Å². The van der Waals surface area contributed by atoms with Crippen molar-refractivity contribution in [3.8, 4) is 28.4 Å². The molecule has 0 saturated carbocycles. The molecule has 1 aliphatic carbocycles. The molecule has 234 valence electrons. The number of anilines is 1. The molecule has 1 aliphatic rings. The van der Waals surface area contributed by atoms with Crippen molar-refractivity contribution in [2.75, 3.05) is 26.6 Å². The highest BCUT2D eigenvalue weighted by Gasteiger charge is 2.30. The molecule has 3 aromatic rings. The summed E-state index contributed by atoms with van der Waals surface area (Å²) < 4.78 is 17.2. The number of amides is 2. The van der Waals surface area contributed by atoms with E-state index in [1.54, 1.807) is 33.5 Å². The lowest BCUT2D eigenvalue weighted by Crippen LogP contribution is -2.45. The summed E-state index contributed by atoms with van der Waals surface area (Å²) in [5, 5.41) is 9.41. The summed E-state index contributed by atoms with van der Waals surface area (Å²) in [5.41, 5.74) is 4.07. The third kappa shape index (κ3) is 6.82. The average molecular weight is 602 g/mol. The van der Waals surface area contributed by atoms with E-state index < -0.39 is 12.1 Å². The first kappa shape index (κ1) is 32.4. The van der Waals surface area contributed by atoms with Gasteiger partial charge in [-0.3, -0.25) is 14.4 Å². The van der Waals surface area contributed by atoms with Gasteiger partial charge >= 0.3 is 0 Å². The van der Waals surface area contributed by atoms with Crippen LogP contribution in [0.4, 0.5) is 5.69 Å². The number of nitrogens with one attached hydrogen (secondary N) is 3. The highest BCUT2D eigenvalue weighted by atomic mass is 16.5. The molecule has 0 heterocycles. The lowest BCUT2D eigenvalue weighted by molar-refractivity contribution is -0.123. The quantitative estimate of drug-likeness (QED) is 0.263. The molecule has 2 amide bonds. The normalized spacial score (nSPS) is 15.8. The molecule has 0 aromatic heterocycles. The maximum atomic E-state index is 13.9. The second kappa shape index (κ2) is 14.3. The van der Waals surface area contributed by atoms with E-state index in [-0.39, 0.29) is 34.9 Å². The predicted octanol–water partition coefficient (Wildman–Crippen LogP) is 5.57. The third-order valence-electron chi connectivity index (χ3n) is 8.38. The van der Waals surface area contributed by atoms with E-state index in [9.17, 15) is 14.4 Å². The molecule has 0 saturated heterocycles. The Hall–Kier alpha value is -4.53. The number of ether oxygens (including phenoxy) is 3. The Balaban J connectivity index is 1.83. The number of benzene rings is 2. The zero-order chi connectivity index (χ0) is 32.0. The van der Waals surface area contributed by atoms with E-state index in [1.165, 1.54) is 6.92 Å². The van der Waals surface area contributed by atoms with Crippen molar-refractivity contribution in [3.05, 3.63) is 81.5 Å². The topological polar surface area (TPSA) is 115 Å². The molecule has 44 heavy (non-hydrogen) atoms. The van der Waals surface area contributed by atoms with Gasteiger partial charge in [-0.2, -0.15) is 0 Å². The van der Waals surface area contributed by atoms with Crippen LogP contribution in [0.15, 0.2) is 59.4 Å². The van der Waals surface area contributed by atoms with Gasteiger partial charge in [-0.15, -0.1) is 0 Å². The Labute approximate surface area is 259 Å². The molecule has 0 spiro atoms. The number of fused-ring (bicyclic) bond motifs is 3. The first-order valence-corrected chi connectivity index (χ1v) is 15.0. The Kier molecular flexibility index (Phi) is 10.5. The molecular formula is C35H43N3O6. The molecule has 4 atom stereocenters. The number of carbonyl (C=O) groups is 2. The van der Waals surface area contributed by atoms with Gasteiger partial charge in [0.1, 0.15) is 6.04 Å². The number of aryl methyl sites for hydroxylation is 1. The molecule has 3 N–H and O–H groups in total. The molecule has 9 nitrogen and oxygen atoms in total. The van der Waals surface area contributed by atoms with Crippen molar-refractivity contribution < 1.29 is 23.8 Å². The summed E-state index contributed by atoms with van der Waals surface area (Å²) in [6, 6.07) is 15.5. The van der Waals surface area contributed by atoms with Crippen LogP contribution in [0.1, 0.15) is 69.3 Å². The number of rotatable bonds is 11. The smallest absolute Gasteiger partial charge is 0.243 e. The first-order valence-electron chi connectivity index (χ1n) is 15.0. The largest absolute Gasteiger partial charge is 0.493 e. The molecule has 0 radical (unpaired) electrons. The predicted molar refractivity (Wildman–Crippen MR) is 173 cm³/mol. The molecule has 0 unspecified atom stereocenters. The summed E-state index contributed by atoms with van der Waals surface area (Å²) >= 11 is 0. The molecule has 0 aliphatic heterocycles. The fourth-order valence-electron chi connectivity index (χ4n) is 5.82. The van der Waals surface area contributed by atoms with E-state index in [0.29, 0.717) is 35.7 Å². The van der Waals surface area contributed by atoms with Gasteiger partial charge in [0.05, 0.1) is 39.1 Å². The fraction of sp³-hybridized carbons (Fsp3) is 0.400. The molecule has 3 aromatic carbocycles. The van der Waals surface area contributed by atoms with E-state index >= 15 is 0 Å². The van der Waals surface area contributed by atoms with E-state index in [0.717, 1.165) is 28.7 Å². The second-order valence-corrected chi connectivity index (χ2v) is 11.2. The lowest BCUT2D eigenvalue weighted by Gasteiger charge is -2.26. The minimum absolute atomic E-state index is 0.0645. The summed E-state index contributed by atoms with van der Waals surface area (Å²) in [6.07, 6.45) is 1.88. The minimum atomic E-state index is -0.654. The summed E-state index contributed by atoms with van der Waals surface area (Å²) in [5.74, 6) is 0.986. The summed E-state index contributed by atoms with van der Waals surface area (Å²) in [4.78, 5) is 39.7. The van der Waals surface area contributed by atoms with Crippen molar-refractivity contribution in [3.63, 3.8) is 0 Å². The van der Waals surface area contributed by atoms with Crippen molar-refractivity contribution in [2.24, 2.45) is 5.92 Å². The maximum Gasteiger partial charge on any atom is 0.243 e. The van der Waals surface area contributed by atoms with Gasteiger partial charge in [0.15, 0.2) is 11.5 Å². The maximum absolute atomic E-state index is 13.9. The van der Waals surface area contributed by atoms with Crippen LogP contribution < -0.4 is 35.6 Å². The first-order chi connectivity index (χ1) is 21.1. The zero-order valence-corrected chi connectivity index (χ0v) is 26.6. The number of hydrogen-bond donors (Lipinski definition) is 3. The third-order valence-corrected chi connectivity index (χ3v) is 8.38. The van der Waals surface area contributed by atoms with Crippen LogP contribution in [-0.4, -0.2) is 39.2 Å². The summed E-state index contributed by atoms with van der Waals surface area (Å²) in [6.45, 7) is 7.40. The van der Waals surface area contributed by atoms with Gasteiger partial charge < -0.3 is 30.2 Å².